The predicted octanol–water partition coefficient (Wildman–Crippen LogP) is 2.72. The summed E-state index contributed by atoms with van der Waals surface area (Å²) in [5.74, 6) is 1.15. The molecule has 3 rings (SSSR count). The highest BCUT2D eigenvalue weighted by molar-refractivity contribution is 5.60. The molecule has 0 radical (unpaired) electrons. The number of anilines is 1. The number of ether oxygens (including phenoxy) is 1. The Kier molecular flexibility index (Phi) is 4.96. The first-order chi connectivity index (χ1) is 10.8. The maximum absolute atomic E-state index is 9.68. The Morgan fingerprint density at radius 3 is 2.91 bits per heavy atom. The Morgan fingerprint density at radius 1 is 1.23 bits per heavy atom. The highest BCUT2D eigenvalue weighted by atomic mass is 16.5. The van der Waals surface area contributed by atoms with Gasteiger partial charge in [0.15, 0.2) is 0 Å². The molecule has 5 nitrogen and oxygen atoms in total. The molecule has 5 heteroatoms. The second kappa shape index (κ2) is 7.31. The molecule has 2 aliphatic rings. The van der Waals surface area contributed by atoms with Crippen LogP contribution in [0.4, 0.5) is 5.69 Å². The fourth-order valence-corrected chi connectivity index (χ4v) is 2.88. The summed E-state index contributed by atoms with van der Waals surface area (Å²) in [6.07, 6.45) is 12.9. The SMILES string of the molecule is OC1=CC=CN(c2cnccc2OCCN2CCCCC2)C1. The minimum absolute atomic E-state index is 0.339. The fraction of sp³-hybridized carbons (Fsp3) is 0.471. The van der Waals surface area contributed by atoms with Crippen LogP contribution < -0.4 is 9.64 Å². The van der Waals surface area contributed by atoms with E-state index in [1.54, 1.807) is 18.5 Å². The van der Waals surface area contributed by atoms with Gasteiger partial charge in [-0.1, -0.05) is 6.42 Å². The minimum atomic E-state index is 0.339. The lowest BCUT2D eigenvalue weighted by molar-refractivity contribution is 0.183. The van der Waals surface area contributed by atoms with Crippen molar-refractivity contribution < 1.29 is 9.84 Å². The quantitative estimate of drug-likeness (QED) is 0.906. The van der Waals surface area contributed by atoms with Crippen molar-refractivity contribution in [2.24, 2.45) is 0 Å². The molecule has 0 unspecified atom stereocenters. The van der Waals surface area contributed by atoms with Gasteiger partial charge in [-0.25, -0.2) is 0 Å². The summed E-state index contributed by atoms with van der Waals surface area (Å²) in [5.41, 5.74) is 0.886. The number of pyridine rings is 1. The lowest BCUT2D eigenvalue weighted by Crippen LogP contribution is -2.33. The first-order valence-corrected chi connectivity index (χ1v) is 7.95. The first-order valence-electron chi connectivity index (χ1n) is 7.95. The standard InChI is InChI=1S/C17H23N3O2/c21-15-5-4-10-20(14-15)16-13-18-7-6-17(16)22-12-11-19-8-2-1-3-9-19/h4-7,10,13,21H,1-3,8-9,11-12,14H2. The molecular formula is C17H23N3O2. The molecule has 1 aromatic rings. The normalized spacial score (nSPS) is 19.1. The molecule has 1 N–H and O–H groups in total. The lowest BCUT2D eigenvalue weighted by atomic mass is 10.1. The smallest absolute Gasteiger partial charge is 0.146 e. The molecule has 1 aromatic heterocycles. The van der Waals surface area contributed by atoms with E-state index in [0.717, 1.165) is 18.0 Å². The Bertz CT molecular complexity index is 551. The van der Waals surface area contributed by atoms with E-state index in [4.69, 9.17) is 4.74 Å². The predicted molar refractivity (Wildman–Crippen MR) is 87.2 cm³/mol. The van der Waals surface area contributed by atoms with Gasteiger partial charge in [-0.05, 0) is 38.1 Å². The summed E-state index contributed by atoms with van der Waals surface area (Å²) in [6.45, 7) is 4.45. The largest absolute Gasteiger partial charge is 0.510 e. The van der Waals surface area contributed by atoms with E-state index in [1.165, 1.54) is 32.4 Å². The Hall–Kier alpha value is -2.01. The van der Waals surface area contributed by atoms with E-state index in [9.17, 15) is 5.11 Å². The van der Waals surface area contributed by atoms with Gasteiger partial charge in [0.25, 0.3) is 0 Å². The van der Waals surface area contributed by atoms with Crippen LogP contribution in [-0.2, 0) is 0 Å². The number of rotatable bonds is 5. The molecule has 0 spiro atoms. The number of allylic oxidation sites excluding steroid dienone is 2. The number of aliphatic hydroxyl groups is 1. The second-order valence-electron chi connectivity index (χ2n) is 5.72. The van der Waals surface area contributed by atoms with Gasteiger partial charge in [-0.2, -0.15) is 0 Å². The van der Waals surface area contributed by atoms with E-state index in [-0.39, 0.29) is 0 Å². The third-order valence-electron chi connectivity index (χ3n) is 4.07. The number of likely N-dealkylation sites (tertiary alicyclic amines) is 1. The number of aliphatic hydroxyl groups excluding tert-OH is 1. The van der Waals surface area contributed by atoms with Gasteiger partial charge in [0.1, 0.15) is 23.8 Å². The van der Waals surface area contributed by atoms with Crippen molar-refractivity contribution in [2.75, 3.05) is 37.7 Å². The zero-order valence-electron chi connectivity index (χ0n) is 12.8. The number of hydrogen-bond donors (Lipinski definition) is 1. The molecule has 0 atom stereocenters. The van der Waals surface area contributed by atoms with Crippen molar-refractivity contribution in [3.05, 3.63) is 42.6 Å². The van der Waals surface area contributed by atoms with Gasteiger partial charge in [-0.3, -0.25) is 9.88 Å². The van der Waals surface area contributed by atoms with Crippen molar-refractivity contribution in [3.8, 4) is 5.75 Å². The first kappa shape index (κ1) is 14.9. The second-order valence-corrected chi connectivity index (χ2v) is 5.72. The molecule has 3 heterocycles. The van der Waals surface area contributed by atoms with Crippen LogP contribution >= 0.6 is 0 Å². The third kappa shape index (κ3) is 3.80. The highest BCUT2D eigenvalue weighted by Crippen LogP contribution is 2.28. The van der Waals surface area contributed by atoms with Crippen LogP contribution in [0, 0.1) is 0 Å². The van der Waals surface area contributed by atoms with E-state index >= 15 is 0 Å². The number of nitrogens with zero attached hydrogens (tertiary/aromatic N) is 3. The van der Waals surface area contributed by atoms with Crippen molar-refractivity contribution >= 4 is 5.69 Å². The maximum atomic E-state index is 9.68. The van der Waals surface area contributed by atoms with Gasteiger partial charge in [0.05, 0.1) is 12.7 Å². The maximum Gasteiger partial charge on any atom is 0.146 e. The van der Waals surface area contributed by atoms with Gasteiger partial charge in [-0.15, -0.1) is 0 Å². The summed E-state index contributed by atoms with van der Waals surface area (Å²) >= 11 is 0. The molecular weight excluding hydrogens is 278 g/mol. The Labute approximate surface area is 131 Å². The van der Waals surface area contributed by atoms with Crippen LogP contribution in [0.5, 0.6) is 5.75 Å². The topological polar surface area (TPSA) is 48.8 Å². The van der Waals surface area contributed by atoms with Crippen LogP contribution in [0.2, 0.25) is 0 Å². The summed E-state index contributed by atoms with van der Waals surface area (Å²) < 4.78 is 5.97. The molecule has 1 fully saturated rings. The summed E-state index contributed by atoms with van der Waals surface area (Å²) in [4.78, 5) is 8.58. The van der Waals surface area contributed by atoms with Gasteiger partial charge in [0.2, 0.25) is 0 Å². The van der Waals surface area contributed by atoms with Crippen LogP contribution in [0.25, 0.3) is 0 Å². The number of aromatic nitrogens is 1. The minimum Gasteiger partial charge on any atom is -0.510 e. The third-order valence-corrected chi connectivity index (χ3v) is 4.07. The summed E-state index contributed by atoms with van der Waals surface area (Å²) in [6, 6.07) is 1.88. The molecule has 22 heavy (non-hydrogen) atoms. The zero-order valence-corrected chi connectivity index (χ0v) is 12.8. The monoisotopic (exact) mass is 301 g/mol. The van der Waals surface area contributed by atoms with Crippen molar-refractivity contribution in [1.29, 1.82) is 0 Å². The van der Waals surface area contributed by atoms with Crippen LogP contribution in [0.1, 0.15) is 19.3 Å². The van der Waals surface area contributed by atoms with Gasteiger partial charge in [0, 0.05) is 25.0 Å². The number of hydrogen-bond acceptors (Lipinski definition) is 5. The molecule has 0 saturated carbocycles. The molecule has 118 valence electrons. The summed E-state index contributed by atoms with van der Waals surface area (Å²) in [5, 5.41) is 9.68. The van der Waals surface area contributed by atoms with Crippen molar-refractivity contribution in [1.82, 2.24) is 9.88 Å². The lowest BCUT2D eigenvalue weighted by Gasteiger charge is -2.27. The van der Waals surface area contributed by atoms with Gasteiger partial charge < -0.3 is 14.7 Å². The van der Waals surface area contributed by atoms with E-state index in [1.807, 2.05) is 23.2 Å². The fourth-order valence-electron chi connectivity index (χ4n) is 2.88. The average molecular weight is 301 g/mol. The highest BCUT2D eigenvalue weighted by Gasteiger charge is 2.15. The van der Waals surface area contributed by atoms with E-state index in [0.29, 0.717) is 18.9 Å². The zero-order chi connectivity index (χ0) is 15.2. The Morgan fingerprint density at radius 2 is 2.09 bits per heavy atom. The molecule has 1 saturated heterocycles. The molecule has 0 amide bonds. The van der Waals surface area contributed by atoms with Crippen LogP contribution in [-0.4, -0.2) is 47.8 Å². The van der Waals surface area contributed by atoms with Crippen molar-refractivity contribution in [3.63, 3.8) is 0 Å². The molecule has 0 aliphatic carbocycles. The average Bonchev–Trinajstić information content (AvgIpc) is 2.56. The van der Waals surface area contributed by atoms with Crippen molar-refractivity contribution in [2.45, 2.75) is 19.3 Å². The molecule has 2 aliphatic heterocycles. The molecule has 0 aromatic carbocycles. The van der Waals surface area contributed by atoms with Crippen LogP contribution in [0.3, 0.4) is 0 Å². The van der Waals surface area contributed by atoms with Gasteiger partial charge >= 0.3 is 0 Å². The summed E-state index contributed by atoms with van der Waals surface area (Å²) in [7, 11) is 0. The molecule has 0 bridgehead atoms. The number of piperidine rings is 1. The van der Waals surface area contributed by atoms with E-state index < -0.39 is 0 Å². The van der Waals surface area contributed by atoms with E-state index in [2.05, 4.69) is 9.88 Å². The van der Waals surface area contributed by atoms with Crippen LogP contribution in [0.15, 0.2) is 42.6 Å². The Balaban J connectivity index is 1.59.